The highest BCUT2D eigenvalue weighted by Gasteiger charge is 2.25. The second kappa shape index (κ2) is 2.40. The molecule has 0 aromatic carbocycles. The molecule has 0 unspecified atom stereocenters. The molecular formula is C8H11BN2. The molecule has 0 atom stereocenters. The van der Waals surface area contributed by atoms with Gasteiger partial charge < -0.3 is 0 Å². The van der Waals surface area contributed by atoms with E-state index < -0.39 is 0 Å². The second-order valence-corrected chi connectivity index (χ2v) is 3.09. The molecule has 0 N–H and O–H groups in total. The first-order chi connectivity index (χ1) is 5.31. The fourth-order valence-electron chi connectivity index (χ4n) is 1.25. The Kier molecular flexibility index (Phi) is 1.52. The van der Waals surface area contributed by atoms with Crippen LogP contribution in [0, 0.1) is 0 Å². The van der Waals surface area contributed by atoms with Crippen molar-refractivity contribution in [3.8, 4) is 0 Å². The number of aryl methyl sites for hydroxylation is 1. The first-order valence-electron chi connectivity index (χ1n) is 4.15. The van der Waals surface area contributed by atoms with Gasteiger partial charge in [0.2, 0.25) is 0 Å². The lowest BCUT2D eigenvalue weighted by atomic mass is 10.0. The summed E-state index contributed by atoms with van der Waals surface area (Å²) in [6.07, 6.45) is 3.47. The Morgan fingerprint density at radius 1 is 1.73 bits per heavy atom. The topological polar surface area (TPSA) is 17.8 Å². The smallest absolute Gasteiger partial charge is 0.141 e. The van der Waals surface area contributed by atoms with Crippen LogP contribution in [0.3, 0.4) is 0 Å². The maximum atomic E-state index is 5.76. The van der Waals surface area contributed by atoms with E-state index in [2.05, 4.69) is 12.0 Å². The fraction of sp³-hybridized carbons (Fsp3) is 0.625. The van der Waals surface area contributed by atoms with Gasteiger partial charge in [-0.2, -0.15) is 5.10 Å². The first-order valence-corrected chi connectivity index (χ1v) is 4.15. The zero-order chi connectivity index (χ0) is 7.84. The van der Waals surface area contributed by atoms with Crippen LogP contribution >= 0.6 is 0 Å². The van der Waals surface area contributed by atoms with Gasteiger partial charge in [-0.3, -0.25) is 4.68 Å². The van der Waals surface area contributed by atoms with E-state index in [1.54, 1.807) is 0 Å². The summed E-state index contributed by atoms with van der Waals surface area (Å²) in [7, 11) is 5.76. The predicted octanol–water partition coefficient (Wildman–Crippen LogP) is 0.574. The van der Waals surface area contributed by atoms with Gasteiger partial charge in [-0.1, -0.05) is 6.92 Å². The Morgan fingerprint density at radius 3 is 2.91 bits per heavy atom. The zero-order valence-electron chi connectivity index (χ0n) is 6.75. The lowest BCUT2D eigenvalue weighted by Gasteiger charge is -1.98. The van der Waals surface area contributed by atoms with Gasteiger partial charge in [0, 0.05) is 0 Å². The quantitative estimate of drug-likeness (QED) is 0.558. The van der Waals surface area contributed by atoms with Crippen molar-refractivity contribution >= 4 is 13.4 Å². The number of nitrogens with zero attached hydrogens (tertiary/aromatic N) is 2. The van der Waals surface area contributed by atoms with Gasteiger partial charge >= 0.3 is 0 Å². The highest BCUT2D eigenvalue weighted by Crippen LogP contribution is 2.33. The van der Waals surface area contributed by atoms with Gasteiger partial charge in [0.1, 0.15) is 7.85 Å². The van der Waals surface area contributed by atoms with Crippen LogP contribution in [0.1, 0.15) is 31.5 Å². The fourth-order valence-corrected chi connectivity index (χ4v) is 1.25. The number of rotatable bonds is 2. The molecule has 0 bridgehead atoms. The Bertz CT molecular complexity index is 263. The minimum atomic E-state index is 0.607. The monoisotopic (exact) mass is 146 g/mol. The molecule has 0 aliphatic heterocycles. The minimum absolute atomic E-state index is 0.607. The van der Waals surface area contributed by atoms with E-state index in [1.165, 1.54) is 12.8 Å². The van der Waals surface area contributed by atoms with Gasteiger partial charge in [0.15, 0.2) is 0 Å². The molecule has 0 spiro atoms. The van der Waals surface area contributed by atoms with Crippen molar-refractivity contribution in [2.45, 2.75) is 32.2 Å². The van der Waals surface area contributed by atoms with Crippen LogP contribution in [0.5, 0.6) is 0 Å². The highest BCUT2D eigenvalue weighted by molar-refractivity contribution is 6.30. The van der Waals surface area contributed by atoms with Crippen LogP contribution in [-0.2, 0) is 6.42 Å². The van der Waals surface area contributed by atoms with Crippen molar-refractivity contribution in [1.29, 1.82) is 0 Å². The minimum Gasteiger partial charge on any atom is -0.277 e. The zero-order valence-corrected chi connectivity index (χ0v) is 6.75. The lowest BCUT2D eigenvalue weighted by Crippen LogP contribution is -2.16. The second-order valence-electron chi connectivity index (χ2n) is 3.09. The molecule has 1 saturated carbocycles. The van der Waals surface area contributed by atoms with Crippen molar-refractivity contribution < 1.29 is 0 Å². The van der Waals surface area contributed by atoms with E-state index in [0.717, 1.165) is 17.7 Å². The molecule has 1 aliphatic rings. The Hall–Kier alpha value is -0.725. The summed E-state index contributed by atoms with van der Waals surface area (Å²) in [5.41, 5.74) is 1.93. The molecule has 1 fully saturated rings. The van der Waals surface area contributed by atoms with E-state index in [0.29, 0.717) is 6.04 Å². The van der Waals surface area contributed by atoms with Gasteiger partial charge in [-0.05, 0) is 30.9 Å². The molecule has 1 heterocycles. The molecular weight excluding hydrogens is 135 g/mol. The SMILES string of the molecule is [B]c1cc(CC)nn1C1CC1. The van der Waals surface area contributed by atoms with Gasteiger partial charge in [-0.25, -0.2) is 0 Å². The van der Waals surface area contributed by atoms with E-state index in [4.69, 9.17) is 7.85 Å². The van der Waals surface area contributed by atoms with Crippen LogP contribution in [0.2, 0.25) is 0 Å². The largest absolute Gasteiger partial charge is 0.277 e. The maximum absolute atomic E-state index is 5.76. The van der Waals surface area contributed by atoms with Crippen molar-refractivity contribution in [1.82, 2.24) is 9.78 Å². The van der Waals surface area contributed by atoms with Crippen LogP contribution < -0.4 is 5.59 Å². The third-order valence-corrected chi connectivity index (χ3v) is 2.07. The summed E-state index contributed by atoms with van der Waals surface area (Å²) in [5, 5.41) is 4.38. The predicted molar refractivity (Wildman–Crippen MR) is 45.3 cm³/mol. The molecule has 11 heavy (non-hydrogen) atoms. The molecule has 1 aromatic rings. The first kappa shape index (κ1) is 6.95. The molecule has 2 radical (unpaired) electrons. The van der Waals surface area contributed by atoms with E-state index in [-0.39, 0.29) is 0 Å². The maximum Gasteiger partial charge on any atom is 0.141 e. The van der Waals surface area contributed by atoms with E-state index >= 15 is 0 Å². The van der Waals surface area contributed by atoms with E-state index in [1.807, 2.05) is 10.7 Å². The van der Waals surface area contributed by atoms with Gasteiger partial charge in [0.25, 0.3) is 0 Å². The molecule has 2 nitrogen and oxygen atoms in total. The summed E-state index contributed by atoms with van der Waals surface area (Å²) >= 11 is 0. The Labute approximate surface area is 68.0 Å². The Balaban J connectivity index is 2.30. The summed E-state index contributed by atoms with van der Waals surface area (Å²) < 4.78 is 1.96. The van der Waals surface area contributed by atoms with Crippen LogP contribution in [0.25, 0.3) is 0 Å². The molecule has 1 aromatic heterocycles. The Morgan fingerprint density at radius 2 is 2.45 bits per heavy atom. The molecule has 2 rings (SSSR count). The summed E-state index contributed by atoms with van der Waals surface area (Å²) in [4.78, 5) is 0. The number of aromatic nitrogens is 2. The normalized spacial score (nSPS) is 17.2. The van der Waals surface area contributed by atoms with Crippen LogP contribution in [-0.4, -0.2) is 17.6 Å². The summed E-state index contributed by atoms with van der Waals surface area (Å²) in [6.45, 7) is 2.10. The van der Waals surface area contributed by atoms with Gasteiger partial charge in [-0.15, -0.1) is 0 Å². The molecule has 1 aliphatic carbocycles. The van der Waals surface area contributed by atoms with Crippen LogP contribution in [0.15, 0.2) is 6.07 Å². The van der Waals surface area contributed by atoms with Crippen molar-refractivity contribution in [2.75, 3.05) is 0 Å². The lowest BCUT2D eigenvalue weighted by molar-refractivity contribution is 0.647. The molecule has 3 heteroatoms. The highest BCUT2D eigenvalue weighted by atomic mass is 15.3. The molecule has 0 amide bonds. The van der Waals surface area contributed by atoms with Gasteiger partial charge in [0.05, 0.1) is 11.7 Å². The van der Waals surface area contributed by atoms with E-state index in [9.17, 15) is 0 Å². The summed E-state index contributed by atoms with van der Waals surface area (Å²) in [5.74, 6) is 0. The number of hydrogen-bond acceptors (Lipinski definition) is 1. The molecule has 0 saturated heterocycles. The molecule has 56 valence electrons. The average molecular weight is 146 g/mol. The van der Waals surface area contributed by atoms with Crippen LogP contribution in [0.4, 0.5) is 0 Å². The third-order valence-electron chi connectivity index (χ3n) is 2.07. The van der Waals surface area contributed by atoms with Crippen molar-refractivity contribution in [3.05, 3.63) is 11.8 Å². The number of hydrogen-bond donors (Lipinski definition) is 0. The summed E-state index contributed by atoms with van der Waals surface area (Å²) in [6, 6.07) is 2.58. The van der Waals surface area contributed by atoms with Crippen molar-refractivity contribution in [3.63, 3.8) is 0 Å². The third kappa shape index (κ3) is 1.19. The average Bonchev–Trinajstić information content (AvgIpc) is 2.76. The van der Waals surface area contributed by atoms with Crippen molar-refractivity contribution in [2.24, 2.45) is 0 Å². The standard InChI is InChI=1S/C8H11BN2/c1-2-6-5-8(9)11(10-6)7-3-4-7/h5,7H,2-4H2,1H3.